The van der Waals surface area contributed by atoms with Crippen LogP contribution in [0.15, 0.2) is 36.4 Å². The maximum absolute atomic E-state index is 15.2. The Morgan fingerprint density at radius 2 is 1.71 bits per heavy atom. The number of nitrogens with zero attached hydrogens (tertiary/aromatic N) is 1. The SMILES string of the molecule is C=C(C)[C@@H]1CC[C@]2(NCCCN3CCS(=O)(=O)CC3)CC[C@]3(C)[C@H](CC[C@@H]4[C@@]5(C)CC=C(c6ccc(C(=O)OC)c(F)c6)C(C)(C)[C@@H]5CC[C@]43C)[C@@H]12. The maximum Gasteiger partial charge on any atom is 0.340 e. The van der Waals surface area contributed by atoms with Crippen molar-refractivity contribution in [2.24, 2.45) is 51.2 Å². The van der Waals surface area contributed by atoms with Crippen LogP contribution < -0.4 is 5.32 Å². The first kappa shape index (κ1) is 38.3. The van der Waals surface area contributed by atoms with Crippen LogP contribution in [0.5, 0.6) is 0 Å². The summed E-state index contributed by atoms with van der Waals surface area (Å²) in [5.41, 5.74) is 4.11. The first-order valence-corrected chi connectivity index (χ1v) is 22.2. The van der Waals surface area contributed by atoms with Gasteiger partial charge in [0, 0.05) is 18.6 Å². The first-order chi connectivity index (χ1) is 24.4. The van der Waals surface area contributed by atoms with Crippen LogP contribution >= 0.6 is 0 Å². The summed E-state index contributed by atoms with van der Waals surface area (Å²) in [5, 5.41) is 4.23. The highest BCUT2D eigenvalue weighted by molar-refractivity contribution is 7.91. The second-order valence-corrected chi connectivity index (χ2v) is 21.6. The smallest absolute Gasteiger partial charge is 0.340 e. The van der Waals surface area contributed by atoms with Gasteiger partial charge in [-0.25, -0.2) is 17.6 Å². The lowest BCUT2D eigenvalue weighted by atomic mass is 9.33. The molecule has 0 unspecified atom stereocenters. The number of sulfone groups is 1. The zero-order valence-electron chi connectivity index (χ0n) is 33.1. The second-order valence-electron chi connectivity index (χ2n) is 19.3. The number of methoxy groups -OCH3 is 1. The summed E-state index contributed by atoms with van der Waals surface area (Å²) in [6.07, 6.45) is 14.4. The van der Waals surface area contributed by atoms with Crippen LogP contribution in [-0.4, -0.2) is 69.6 Å². The molecule has 7 rings (SSSR count). The molecule has 1 aliphatic heterocycles. The van der Waals surface area contributed by atoms with Gasteiger partial charge in [-0.05, 0) is 159 Å². The number of hydrogen-bond donors (Lipinski definition) is 1. The Bertz CT molecular complexity index is 1720. The van der Waals surface area contributed by atoms with E-state index < -0.39 is 21.6 Å². The van der Waals surface area contributed by atoms with Crippen LogP contribution in [0.25, 0.3) is 5.57 Å². The largest absolute Gasteiger partial charge is 0.465 e. The Labute approximate surface area is 313 Å². The second kappa shape index (κ2) is 13.3. The van der Waals surface area contributed by atoms with E-state index >= 15 is 4.39 Å². The number of esters is 1. The first-order valence-electron chi connectivity index (χ1n) is 20.3. The summed E-state index contributed by atoms with van der Waals surface area (Å²) >= 11 is 0. The molecule has 4 saturated carbocycles. The van der Waals surface area contributed by atoms with Crippen LogP contribution in [0.4, 0.5) is 4.39 Å². The summed E-state index contributed by atoms with van der Waals surface area (Å²) in [5.74, 6) is 2.37. The van der Waals surface area contributed by atoms with Crippen LogP contribution in [-0.2, 0) is 14.6 Å². The number of benzene rings is 1. The summed E-state index contributed by atoms with van der Waals surface area (Å²) in [7, 11) is -1.56. The minimum Gasteiger partial charge on any atom is -0.465 e. The van der Waals surface area contributed by atoms with Crippen molar-refractivity contribution in [3.63, 3.8) is 0 Å². The summed E-state index contributed by atoms with van der Waals surface area (Å²) < 4.78 is 43.9. The molecule has 6 nitrogen and oxygen atoms in total. The number of allylic oxidation sites excluding steroid dienone is 3. The predicted molar refractivity (Wildman–Crippen MR) is 208 cm³/mol. The fourth-order valence-electron chi connectivity index (χ4n) is 14.1. The molecule has 1 aromatic carbocycles. The Morgan fingerprint density at radius 3 is 2.38 bits per heavy atom. The fraction of sp³-hybridized carbons (Fsp3) is 0.750. The molecule has 52 heavy (non-hydrogen) atoms. The maximum atomic E-state index is 15.2. The number of fused-ring (bicyclic) bond motifs is 7. The lowest BCUT2D eigenvalue weighted by Gasteiger charge is -2.72. The Hall–Kier alpha value is -2.03. The van der Waals surface area contributed by atoms with Crippen molar-refractivity contribution < 1.29 is 22.3 Å². The zero-order chi connectivity index (χ0) is 37.5. The zero-order valence-corrected chi connectivity index (χ0v) is 33.9. The molecule has 6 aliphatic rings. The standard InChI is InChI=1S/C44H65FN2O4S/c1-29(2)31-14-19-44(46-22-9-23-47-24-26-52(49,50)27-25-47)21-20-42(6)34(38(31)44)12-13-37-41(5)17-15-33(40(3,4)36(41)16-18-43(37,42)7)30-10-11-32(35(45)28-30)39(48)51-8/h10-11,15,28,31,34,36-38,46H,1,9,12-14,16-27H2,2-8H3/t31-,34+,36-,37+,38+,41-,42+,43+,44-/m0/s1. The number of halogens is 1. The highest BCUT2D eigenvalue weighted by Gasteiger charge is 2.70. The van der Waals surface area contributed by atoms with Crippen molar-refractivity contribution in [1.29, 1.82) is 0 Å². The molecule has 9 atom stereocenters. The normalized spacial score (nSPS) is 40.8. The van der Waals surface area contributed by atoms with Gasteiger partial charge in [-0.1, -0.05) is 58.9 Å². The lowest BCUT2D eigenvalue weighted by molar-refractivity contribution is -0.219. The van der Waals surface area contributed by atoms with Gasteiger partial charge in [-0.3, -0.25) is 0 Å². The van der Waals surface area contributed by atoms with Crippen LogP contribution in [0.1, 0.15) is 122 Å². The Kier molecular flexibility index (Phi) is 9.80. The highest BCUT2D eigenvalue weighted by atomic mass is 32.2. The molecule has 0 spiro atoms. The average Bonchev–Trinajstić information content (AvgIpc) is 3.47. The van der Waals surface area contributed by atoms with Crippen LogP contribution in [0, 0.1) is 57.1 Å². The van der Waals surface area contributed by atoms with Crippen molar-refractivity contribution in [3.05, 3.63) is 53.4 Å². The van der Waals surface area contributed by atoms with E-state index in [0.717, 1.165) is 31.5 Å². The van der Waals surface area contributed by atoms with Gasteiger partial charge in [0.2, 0.25) is 0 Å². The van der Waals surface area contributed by atoms with E-state index in [1.807, 2.05) is 6.07 Å². The molecule has 1 N–H and O–H groups in total. The molecule has 1 heterocycles. The molecule has 5 fully saturated rings. The van der Waals surface area contributed by atoms with Gasteiger partial charge in [0.05, 0.1) is 24.2 Å². The van der Waals surface area contributed by atoms with Crippen molar-refractivity contribution in [2.45, 2.75) is 111 Å². The minimum absolute atomic E-state index is 0.0106. The number of rotatable bonds is 8. The third-order valence-corrected chi connectivity index (χ3v) is 18.5. The quantitative estimate of drug-likeness (QED) is 0.164. The molecule has 288 valence electrons. The number of carbonyl (C=O) groups is 1. The Morgan fingerprint density at radius 1 is 0.981 bits per heavy atom. The lowest BCUT2D eigenvalue weighted by Crippen LogP contribution is -2.68. The van der Waals surface area contributed by atoms with Crippen molar-refractivity contribution in [1.82, 2.24) is 10.2 Å². The van der Waals surface area contributed by atoms with Crippen molar-refractivity contribution in [2.75, 3.05) is 44.8 Å². The van der Waals surface area contributed by atoms with Crippen LogP contribution in [0.3, 0.4) is 0 Å². The molecule has 0 amide bonds. The van der Waals surface area contributed by atoms with E-state index in [-0.39, 0.29) is 32.8 Å². The van der Waals surface area contributed by atoms with Crippen molar-refractivity contribution >= 4 is 21.4 Å². The number of carbonyl (C=O) groups excluding carboxylic acids is 1. The average molecular weight is 737 g/mol. The monoisotopic (exact) mass is 736 g/mol. The summed E-state index contributed by atoms with van der Waals surface area (Å²) in [6.45, 7) is 22.9. The molecule has 5 aliphatic carbocycles. The van der Waals surface area contributed by atoms with Gasteiger partial charge >= 0.3 is 5.97 Å². The highest BCUT2D eigenvalue weighted by Crippen LogP contribution is 2.76. The summed E-state index contributed by atoms with van der Waals surface area (Å²) in [6, 6.07) is 5.04. The minimum atomic E-state index is -2.85. The topological polar surface area (TPSA) is 75.7 Å². The van der Waals surface area contributed by atoms with E-state index in [2.05, 4.69) is 64.4 Å². The van der Waals surface area contributed by atoms with Gasteiger partial charge in [0.1, 0.15) is 5.82 Å². The number of nitrogens with one attached hydrogen (secondary N) is 1. The van der Waals surface area contributed by atoms with E-state index in [0.29, 0.717) is 54.2 Å². The number of ether oxygens (including phenoxy) is 1. The molecular weight excluding hydrogens is 672 g/mol. The summed E-state index contributed by atoms with van der Waals surface area (Å²) in [4.78, 5) is 14.5. The van der Waals surface area contributed by atoms with Gasteiger partial charge in [-0.2, -0.15) is 0 Å². The third-order valence-electron chi connectivity index (χ3n) is 16.9. The van der Waals surface area contributed by atoms with Crippen LogP contribution in [0.2, 0.25) is 0 Å². The van der Waals surface area contributed by atoms with Crippen molar-refractivity contribution in [3.8, 4) is 0 Å². The molecule has 1 aromatic rings. The molecule has 0 bridgehead atoms. The molecular formula is C44H65FN2O4S. The molecule has 0 radical (unpaired) electrons. The van der Waals surface area contributed by atoms with E-state index in [1.165, 1.54) is 69.6 Å². The van der Waals surface area contributed by atoms with E-state index in [9.17, 15) is 13.2 Å². The van der Waals surface area contributed by atoms with Gasteiger partial charge in [-0.15, -0.1) is 0 Å². The number of hydrogen-bond acceptors (Lipinski definition) is 6. The molecule has 1 saturated heterocycles. The fourth-order valence-corrected chi connectivity index (χ4v) is 15.4. The van der Waals surface area contributed by atoms with E-state index in [4.69, 9.17) is 4.74 Å². The van der Waals surface area contributed by atoms with E-state index in [1.54, 1.807) is 12.1 Å². The molecule has 8 heteroatoms. The molecule has 0 aromatic heterocycles. The third kappa shape index (κ3) is 5.90. The van der Waals surface area contributed by atoms with Gasteiger partial charge < -0.3 is 15.0 Å². The van der Waals surface area contributed by atoms with Gasteiger partial charge in [0.25, 0.3) is 0 Å². The predicted octanol–water partition coefficient (Wildman–Crippen LogP) is 8.73. The Balaban J connectivity index is 1.12. The van der Waals surface area contributed by atoms with Gasteiger partial charge in [0.15, 0.2) is 9.84 Å².